The largest absolute Gasteiger partial charge is 0.377 e. The number of rotatable bonds is 7. The number of nitriles is 1. The molecule has 4 nitrogen and oxygen atoms in total. The minimum Gasteiger partial charge on any atom is -0.377 e. The Kier molecular flexibility index (Phi) is 5.86. The lowest BCUT2D eigenvalue weighted by Crippen LogP contribution is -2.02. The second-order valence-electron chi connectivity index (χ2n) is 5.69. The highest BCUT2D eigenvalue weighted by Crippen LogP contribution is 2.18. The summed E-state index contributed by atoms with van der Waals surface area (Å²) in [6.07, 6.45) is 1.61. The Morgan fingerprint density at radius 1 is 0.920 bits per heavy atom. The second kappa shape index (κ2) is 8.72. The van der Waals surface area contributed by atoms with E-state index >= 15 is 0 Å². The topological polar surface area (TPSA) is 58.8 Å². The van der Waals surface area contributed by atoms with Crippen molar-refractivity contribution in [2.24, 2.45) is 0 Å². The third-order valence-electron chi connectivity index (χ3n) is 3.78. The van der Waals surface area contributed by atoms with Crippen molar-refractivity contribution in [3.05, 3.63) is 83.8 Å². The van der Waals surface area contributed by atoms with Gasteiger partial charge in [-0.25, -0.2) is 9.97 Å². The molecule has 1 aromatic heterocycles. The van der Waals surface area contributed by atoms with Crippen molar-refractivity contribution in [2.45, 2.75) is 19.4 Å². The van der Waals surface area contributed by atoms with Crippen LogP contribution in [0.5, 0.6) is 0 Å². The summed E-state index contributed by atoms with van der Waals surface area (Å²) in [6, 6.07) is 24.0. The number of benzene rings is 2. The summed E-state index contributed by atoms with van der Waals surface area (Å²) in [5, 5.41) is 9.17. The molecule has 0 spiro atoms. The highest BCUT2D eigenvalue weighted by molar-refractivity contribution is 5.59. The lowest BCUT2D eigenvalue weighted by atomic mass is 10.1. The lowest BCUT2D eigenvalue weighted by Gasteiger charge is -2.07. The summed E-state index contributed by atoms with van der Waals surface area (Å²) in [5.41, 5.74) is 3.81. The standard InChI is InChI=1S/C21H19N3O/c22-15-21-23-19(14-20(24-21)18-10-5-2-6-11-18)12-7-13-25-16-17-8-3-1-4-9-17/h1-6,8-11,14H,7,12-13,16H2. The van der Waals surface area contributed by atoms with Crippen LogP contribution in [0.25, 0.3) is 11.3 Å². The molecule has 0 aliphatic heterocycles. The average Bonchev–Trinajstić information content (AvgIpc) is 2.69. The van der Waals surface area contributed by atoms with E-state index in [1.807, 2.05) is 60.7 Å². The van der Waals surface area contributed by atoms with Gasteiger partial charge in [-0.2, -0.15) is 5.26 Å². The first-order chi connectivity index (χ1) is 12.3. The summed E-state index contributed by atoms with van der Waals surface area (Å²) in [7, 11) is 0. The van der Waals surface area contributed by atoms with Gasteiger partial charge in [-0.1, -0.05) is 60.7 Å². The van der Waals surface area contributed by atoms with E-state index in [4.69, 9.17) is 10.00 Å². The first-order valence-corrected chi connectivity index (χ1v) is 8.30. The third-order valence-corrected chi connectivity index (χ3v) is 3.78. The quantitative estimate of drug-likeness (QED) is 0.611. The molecule has 1 heterocycles. The van der Waals surface area contributed by atoms with Crippen LogP contribution >= 0.6 is 0 Å². The van der Waals surface area contributed by atoms with E-state index in [-0.39, 0.29) is 5.82 Å². The molecular weight excluding hydrogens is 310 g/mol. The van der Waals surface area contributed by atoms with Gasteiger partial charge in [0.25, 0.3) is 0 Å². The van der Waals surface area contributed by atoms with Gasteiger partial charge in [-0.15, -0.1) is 0 Å². The SMILES string of the molecule is N#Cc1nc(CCCOCc2ccccc2)cc(-c2ccccc2)n1. The molecule has 0 unspecified atom stereocenters. The monoisotopic (exact) mass is 329 g/mol. The van der Waals surface area contributed by atoms with Crippen LogP contribution in [-0.4, -0.2) is 16.6 Å². The molecule has 0 saturated heterocycles. The van der Waals surface area contributed by atoms with Crippen LogP contribution in [0.15, 0.2) is 66.7 Å². The fourth-order valence-corrected chi connectivity index (χ4v) is 2.55. The van der Waals surface area contributed by atoms with Crippen molar-refractivity contribution in [3.8, 4) is 17.3 Å². The number of aryl methyl sites for hydroxylation is 1. The summed E-state index contributed by atoms with van der Waals surface area (Å²) >= 11 is 0. The molecule has 2 aromatic carbocycles. The molecule has 0 aliphatic carbocycles. The zero-order chi connectivity index (χ0) is 17.3. The number of ether oxygens (including phenoxy) is 1. The van der Waals surface area contributed by atoms with Crippen molar-refractivity contribution in [3.63, 3.8) is 0 Å². The number of aromatic nitrogens is 2. The Hall–Kier alpha value is -3.03. The highest BCUT2D eigenvalue weighted by atomic mass is 16.5. The van der Waals surface area contributed by atoms with E-state index in [1.165, 1.54) is 5.56 Å². The number of hydrogen-bond acceptors (Lipinski definition) is 4. The zero-order valence-corrected chi connectivity index (χ0v) is 13.9. The van der Waals surface area contributed by atoms with E-state index in [0.717, 1.165) is 29.8 Å². The van der Waals surface area contributed by atoms with E-state index < -0.39 is 0 Å². The molecular formula is C21H19N3O. The van der Waals surface area contributed by atoms with Gasteiger partial charge in [0, 0.05) is 17.9 Å². The number of nitrogens with zero attached hydrogens (tertiary/aromatic N) is 3. The second-order valence-corrected chi connectivity index (χ2v) is 5.69. The van der Waals surface area contributed by atoms with E-state index in [9.17, 15) is 0 Å². The Balaban J connectivity index is 1.58. The maximum atomic E-state index is 9.17. The smallest absolute Gasteiger partial charge is 0.232 e. The maximum Gasteiger partial charge on any atom is 0.232 e. The van der Waals surface area contributed by atoms with E-state index in [0.29, 0.717) is 13.2 Å². The van der Waals surface area contributed by atoms with Crippen molar-refractivity contribution in [2.75, 3.05) is 6.61 Å². The van der Waals surface area contributed by atoms with Crippen LogP contribution in [0, 0.1) is 11.3 Å². The molecule has 0 amide bonds. The fourth-order valence-electron chi connectivity index (χ4n) is 2.55. The lowest BCUT2D eigenvalue weighted by molar-refractivity contribution is 0.118. The first kappa shape index (κ1) is 16.8. The fraction of sp³-hybridized carbons (Fsp3) is 0.190. The molecule has 0 aliphatic rings. The first-order valence-electron chi connectivity index (χ1n) is 8.30. The minimum atomic E-state index is 0.210. The average molecular weight is 329 g/mol. The molecule has 3 aromatic rings. The summed E-state index contributed by atoms with van der Waals surface area (Å²) < 4.78 is 5.70. The van der Waals surface area contributed by atoms with E-state index in [2.05, 4.69) is 22.1 Å². The van der Waals surface area contributed by atoms with Gasteiger partial charge in [0.15, 0.2) is 0 Å². The molecule has 4 heteroatoms. The Morgan fingerprint density at radius 2 is 1.64 bits per heavy atom. The maximum absolute atomic E-state index is 9.17. The van der Waals surface area contributed by atoms with Crippen molar-refractivity contribution in [1.82, 2.24) is 9.97 Å². The normalized spacial score (nSPS) is 10.4. The highest BCUT2D eigenvalue weighted by Gasteiger charge is 2.06. The predicted octanol–water partition coefficient (Wildman–Crippen LogP) is 4.16. The molecule has 0 atom stereocenters. The predicted molar refractivity (Wildman–Crippen MR) is 96.6 cm³/mol. The Labute approximate surface area is 147 Å². The molecule has 0 fully saturated rings. The van der Waals surface area contributed by atoms with Crippen molar-refractivity contribution in [1.29, 1.82) is 5.26 Å². The van der Waals surface area contributed by atoms with Crippen molar-refractivity contribution < 1.29 is 4.74 Å². The van der Waals surface area contributed by atoms with Crippen LogP contribution in [0.1, 0.15) is 23.5 Å². The molecule has 0 bridgehead atoms. The van der Waals surface area contributed by atoms with Gasteiger partial charge in [-0.3, -0.25) is 0 Å². The van der Waals surface area contributed by atoms with E-state index in [1.54, 1.807) is 0 Å². The van der Waals surface area contributed by atoms with Crippen LogP contribution in [-0.2, 0) is 17.8 Å². The van der Waals surface area contributed by atoms with Gasteiger partial charge in [0.05, 0.1) is 12.3 Å². The van der Waals surface area contributed by atoms with Crippen molar-refractivity contribution >= 4 is 0 Å². The van der Waals surface area contributed by atoms with Crippen LogP contribution in [0.2, 0.25) is 0 Å². The minimum absolute atomic E-state index is 0.210. The van der Waals surface area contributed by atoms with Crippen LogP contribution in [0.4, 0.5) is 0 Å². The summed E-state index contributed by atoms with van der Waals surface area (Å²) in [5.74, 6) is 0.210. The van der Waals surface area contributed by atoms with Gasteiger partial charge in [0.2, 0.25) is 5.82 Å². The van der Waals surface area contributed by atoms with Crippen LogP contribution in [0.3, 0.4) is 0 Å². The summed E-state index contributed by atoms with van der Waals surface area (Å²) in [4.78, 5) is 8.61. The molecule has 124 valence electrons. The van der Waals surface area contributed by atoms with Crippen LogP contribution < -0.4 is 0 Å². The third kappa shape index (κ3) is 4.97. The zero-order valence-electron chi connectivity index (χ0n) is 13.9. The molecule has 0 radical (unpaired) electrons. The van der Waals surface area contributed by atoms with Gasteiger partial charge >= 0.3 is 0 Å². The molecule has 25 heavy (non-hydrogen) atoms. The molecule has 3 rings (SSSR count). The Bertz CT molecular complexity index is 842. The molecule has 0 N–H and O–H groups in total. The van der Waals surface area contributed by atoms with Gasteiger partial charge in [-0.05, 0) is 24.5 Å². The van der Waals surface area contributed by atoms with Gasteiger partial charge < -0.3 is 4.74 Å². The van der Waals surface area contributed by atoms with Gasteiger partial charge in [0.1, 0.15) is 6.07 Å². The Morgan fingerprint density at radius 3 is 2.36 bits per heavy atom. The summed E-state index contributed by atoms with van der Waals surface area (Å²) in [6.45, 7) is 1.27. The number of hydrogen-bond donors (Lipinski definition) is 0. The molecule has 0 saturated carbocycles.